The summed E-state index contributed by atoms with van der Waals surface area (Å²) in [6.45, 7) is 0. The lowest BCUT2D eigenvalue weighted by Crippen LogP contribution is -2.28. The van der Waals surface area contributed by atoms with Crippen LogP contribution >= 0.6 is 0 Å². The van der Waals surface area contributed by atoms with Crippen LogP contribution in [0.25, 0.3) is 44.5 Å². The third-order valence-electron chi connectivity index (χ3n) is 11.1. The molecule has 0 aliphatic heterocycles. The minimum absolute atomic E-state index is 0.188. The lowest BCUT2D eigenvalue weighted by molar-refractivity contribution is 0.769. The molecule has 0 atom stereocenters. The zero-order valence-electron chi connectivity index (χ0n) is 35.6. The lowest BCUT2D eigenvalue weighted by Gasteiger charge is -2.34. The molecular weight excluding hydrogens is 675 g/mol. The molecule has 0 saturated carbocycles. The van der Waals surface area contributed by atoms with Crippen molar-refractivity contribution < 1.29 is 6.85 Å². The summed E-state index contributed by atoms with van der Waals surface area (Å²) in [7, 11) is 0. The Hall–Kier alpha value is -7.22. The van der Waals surface area contributed by atoms with Gasteiger partial charge in [0.2, 0.25) is 0 Å². The first-order chi connectivity index (χ1) is 29.8. The van der Waals surface area contributed by atoms with Crippen LogP contribution in [0.5, 0.6) is 0 Å². The van der Waals surface area contributed by atoms with E-state index in [1.807, 2.05) is 42.5 Å². The third kappa shape index (κ3) is 5.73. The summed E-state index contributed by atoms with van der Waals surface area (Å²) in [5.41, 5.74) is 15.2. The maximum absolute atomic E-state index is 8.47. The SMILES string of the molecule is [2H]c1c([2H])c([2H])c(-c2ccc(N(c3ccccc3)c3ccc(-c4ccc(-c5ccc6c(c5)C(c5ccccc5)(c5ccccc5)c5ccccc5-6)cc4)cc3)cc2)c([2H])c1[2H]. The van der Waals surface area contributed by atoms with Crippen LogP contribution in [0.15, 0.2) is 236 Å². The lowest BCUT2D eigenvalue weighted by atomic mass is 9.67. The minimum atomic E-state index is -0.452. The summed E-state index contributed by atoms with van der Waals surface area (Å²) in [5.74, 6) is 0. The summed E-state index contributed by atoms with van der Waals surface area (Å²) in [4.78, 5) is 2.15. The molecule has 0 bridgehead atoms. The molecule has 0 amide bonds. The Balaban J connectivity index is 0.977. The molecule has 56 heavy (non-hydrogen) atoms. The van der Waals surface area contributed by atoms with E-state index in [2.05, 4.69) is 169 Å². The summed E-state index contributed by atoms with van der Waals surface area (Å²) < 4.78 is 41.2. The van der Waals surface area contributed by atoms with Crippen molar-refractivity contribution in [1.82, 2.24) is 0 Å². The van der Waals surface area contributed by atoms with Gasteiger partial charge in [-0.1, -0.05) is 194 Å². The van der Waals surface area contributed by atoms with Crippen LogP contribution in [-0.2, 0) is 5.41 Å². The Morgan fingerprint density at radius 2 is 0.732 bits per heavy atom. The number of hydrogen-bond acceptors (Lipinski definition) is 1. The number of anilines is 3. The summed E-state index contributed by atoms with van der Waals surface area (Å²) >= 11 is 0. The van der Waals surface area contributed by atoms with Crippen molar-refractivity contribution in [3.8, 4) is 44.5 Å². The van der Waals surface area contributed by atoms with Crippen LogP contribution in [-0.4, -0.2) is 0 Å². The van der Waals surface area contributed by atoms with Crippen LogP contribution < -0.4 is 4.90 Å². The number of benzene rings is 9. The fourth-order valence-electron chi connectivity index (χ4n) is 8.48. The van der Waals surface area contributed by atoms with E-state index in [1.54, 1.807) is 0 Å². The van der Waals surface area contributed by atoms with Crippen molar-refractivity contribution >= 4 is 17.1 Å². The van der Waals surface area contributed by atoms with Gasteiger partial charge in [0, 0.05) is 17.1 Å². The molecule has 1 aliphatic carbocycles. The van der Waals surface area contributed by atoms with Gasteiger partial charge in [-0.05, 0) is 109 Å². The zero-order chi connectivity index (χ0) is 41.7. The molecule has 0 N–H and O–H groups in total. The van der Waals surface area contributed by atoms with E-state index < -0.39 is 11.5 Å². The first kappa shape index (κ1) is 28.3. The highest BCUT2D eigenvalue weighted by atomic mass is 15.1. The first-order valence-corrected chi connectivity index (χ1v) is 18.9. The molecule has 0 heterocycles. The third-order valence-corrected chi connectivity index (χ3v) is 11.1. The second-order valence-corrected chi connectivity index (χ2v) is 14.1. The van der Waals surface area contributed by atoms with Crippen LogP contribution in [0.1, 0.15) is 29.1 Å². The van der Waals surface area contributed by atoms with Crippen molar-refractivity contribution in [1.29, 1.82) is 0 Å². The Bertz CT molecular complexity index is 2970. The Morgan fingerprint density at radius 1 is 0.321 bits per heavy atom. The highest BCUT2D eigenvalue weighted by Crippen LogP contribution is 2.56. The molecule has 9 aromatic rings. The second-order valence-electron chi connectivity index (χ2n) is 14.1. The largest absolute Gasteiger partial charge is 0.311 e. The van der Waals surface area contributed by atoms with Gasteiger partial charge in [-0.3, -0.25) is 0 Å². The van der Waals surface area contributed by atoms with Crippen molar-refractivity contribution in [2.45, 2.75) is 5.41 Å². The zero-order valence-corrected chi connectivity index (χ0v) is 30.6. The van der Waals surface area contributed by atoms with E-state index in [1.165, 1.54) is 38.9 Å². The van der Waals surface area contributed by atoms with Crippen LogP contribution in [0.4, 0.5) is 17.1 Å². The molecule has 1 heteroatoms. The number of nitrogens with zero attached hydrogens (tertiary/aromatic N) is 1. The molecule has 0 fully saturated rings. The summed E-state index contributed by atoms with van der Waals surface area (Å²) in [6, 6.07) is 71.0. The van der Waals surface area contributed by atoms with Crippen molar-refractivity contribution in [2.75, 3.05) is 4.90 Å². The molecule has 10 rings (SSSR count). The second kappa shape index (κ2) is 14.2. The molecule has 9 aromatic carbocycles. The van der Waals surface area contributed by atoms with E-state index >= 15 is 0 Å². The van der Waals surface area contributed by atoms with Gasteiger partial charge in [-0.15, -0.1) is 0 Å². The van der Waals surface area contributed by atoms with Crippen LogP contribution in [0, 0.1) is 0 Å². The number of rotatable bonds is 8. The van der Waals surface area contributed by atoms with Crippen LogP contribution in [0.3, 0.4) is 0 Å². The van der Waals surface area contributed by atoms with Gasteiger partial charge < -0.3 is 4.90 Å². The number of hydrogen-bond donors (Lipinski definition) is 0. The predicted octanol–water partition coefficient (Wildman–Crippen LogP) is 14.5. The van der Waals surface area contributed by atoms with Gasteiger partial charge in [-0.2, -0.15) is 0 Å². The average Bonchev–Trinajstić information content (AvgIpc) is 3.62. The van der Waals surface area contributed by atoms with E-state index in [-0.39, 0.29) is 29.7 Å². The smallest absolute Gasteiger partial charge is 0.0713 e. The molecule has 1 aliphatic rings. The van der Waals surface area contributed by atoms with Gasteiger partial charge in [0.15, 0.2) is 0 Å². The molecule has 0 unspecified atom stereocenters. The standard InChI is InChI=1S/C55H39N/c1-5-15-40(16-6-1)42-29-34-49(35-30-42)56(48-21-11-4-12-22-48)50-36-31-43(32-37-50)41-25-27-44(28-26-41)45-33-38-52-51-23-13-14-24-53(51)55(54(52)39-45,46-17-7-2-8-18-46)47-19-9-3-10-20-47/h1-39H/i1D,5D,6D,15D,16D. The fraction of sp³-hybridized carbons (Fsp3) is 0.0182. The normalized spacial score (nSPS) is 13.7. The Kier molecular flexibility index (Phi) is 7.17. The maximum atomic E-state index is 8.47. The molecule has 0 saturated heterocycles. The van der Waals surface area contributed by atoms with Gasteiger partial charge in [0.25, 0.3) is 0 Å². The topological polar surface area (TPSA) is 3.24 Å². The maximum Gasteiger partial charge on any atom is 0.0713 e. The van der Waals surface area contributed by atoms with Gasteiger partial charge in [0.05, 0.1) is 12.3 Å². The van der Waals surface area contributed by atoms with Crippen molar-refractivity contribution in [3.05, 3.63) is 259 Å². The summed E-state index contributed by atoms with van der Waals surface area (Å²) in [5, 5.41) is 0. The minimum Gasteiger partial charge on any atom is -0.311 e. The van der Waals surface area contributed by atoms with E-state index in [0.29, 0.717) is 5.56 Å². The molecular formula is C55H39N. The molecule has 1 nitrogen and oxygen atoms in total. The molecule has 0 spiro atoms. The fourth-order valence-corrected chi connectivity index (χ4v) is 8.48. The van der Waals surface area contributed by atoms with Gasteiger partial charge in [-0.25, -0.2) is 0 Å². The van der Waals surface area contributed by atoms with Crippen molar-refractivity contribution in [3.63, 3.8) is 0 Å². The van der Waals surface area contributed by atoms with E-state index in [9.17, 15) is 0 Å². The van der Waals surface area contributed by atoms with Gasteiger partial charge in [0.1, 0.15) is 0 Å². The highest BCUT2D eigenvalue weighted by molar-refractivity contribution is 5.89. The first-order valence-electron chi connectivity index (χ1n) is 21.4. The average molecular weight is 719 g/mol. The quantitative estimate of drug-likeness (QED) is 0.151. The van der Waals surface area contributed by atoms with Crippen molar-refractivity contribution in [2.24, 2.45) is 0 Å². The van der Waals surface area contributed by atoms with Crippen LogP contribution in [0.2, 0.25) is 0 Å². The number of fused-ring (bicyclic) bond motifs is 3. The number of para-hydroxylation sites is 1. The van der Waals surface area contributed by atoms with E-state index in [0.717, 1.165) is 33.8 Å². The Labute approximate surface area is 336 Å². The molecule has 0 radical (unpaired) electrons. The Morgan fingerprint density at radius 3 is 1.30 bits per heavy atom. The predicted molar refractivity (Wildman–Crippen MR) is 235 cm³/mol. The van der Waals surface area contributed by atoms with Gasteiger partial charge >= 0.3 is 0 Å². The van der Waals surface area contributed by atoms with E-state index in [4.69, 9.17) is 6.85 Å². The molecule has 264 valence electrons. The highest BCUT2D eigenvalue weighted by Gasteiger charge is 2.46. The summed E-state index contributed by atoms with van der Waals surface area (Å²) in [6.07, 6.45) is 0. The monoisotopic (exact) mass is 718 g/mol. The molecule has 0 aromatic heterocycles.